The van der Waals surface area contributed by atoms with Gasteiger partial charge in [0.15, 0.2) is 0 Å². The van der Waals surface area contributed by atoms with E-state index in [2.05, 4.69) is 18.8 Å². The second-order valence-electron chi connectivity index (χ2n) is 8.17. The highest BCUT2D eigenvalue weighted by molar-refractivity contribution is 5.94. The van der Waals surface area contributed by atoms with Crippen LogP contribution in [0.2, 0.25) is 0 Å². The highest BCUT2D eigenvalue weighted by Gasteiger charge is 2.30. The molecule has 0 spiro atoms. The molecule has 0 unspecified atom stereocenters. The zero-order chi connectivity index (χ0) is 23.2. The van der Waals surface area contributed by atoms with Crippen LogP contribution in [0.25, 0.3) is 10.9 Å². The Balaban J connectivity index is 0.000000420. The van der Waals surface area contributed by atoms with Gasteiger partial charge in [0.1, 0.15) is 11.6 Å². The number of aryl methyl sites for hydroxylation is 1. The second kappa shape index (κ2) is 10.3. The van der Waals surface area contributed by atoms with Gasteiger partial charge in [-0.25, -0.2) is 4.39 Å². The first-order valence-corrected chi connectivity index (χ1v) is 10.9. The van der Waals surface area contributed by atoms with Crippen LogP contribution in [0.15, 0.2) is 42.5 Å². The lowest BCUT2D eigenvalue weighted by molar-refractivity contribution is 0.629. The summed E-state index contributed by atoms with van der Waals surface area (Å²) in [6.07, 6.45) is 3.92. The van der Waals surface area contributed by atoms with Crippen LogP contribution in [0, 0.1) is 29.0 Å². The van der Waals surface area contributed by atoms with Gasteiger partial charge in [0.2, 0.25) is 5.62 Å². The fraction of sp³-hybridized carbons (Fsp3) is 0.400. The summed E-state index contributed by atoms with van der Waals surface area (Å²) in [5.41, 5.74) is 3.30. The number of nitrogens with one attached hydrogen (secondary N) is 2. The predicted molar refractivity (Wildman–Crippen MR) is 128 cm³/mol. The number of fused-ring (bicyclic) bond motifs is 1. The third-order valence-corrected chi connectivity index (χ3v) is 5.16. The molecule has 1 aliphatic carbocycles. The maximum atomic E-state index is 13.8. The molecule has 2 N–H and O–H groups in total. The maximum Gasteiger partial charge on any atom is 0.229 e. The van der Waals surface area contributed by atoms with E-state index in [1.54, 1.807) is 6.07 Å². The fourth-order valence-electron chi connectivity index (χ4n) is 3.06. The van der Waals surface area contributed by atoms with Crippen molar-refractivity contribution >= 4 is 28.7 Å². The normalized spacial score (nSPS) is 13.4. The molecule has 1 aliphatic rings. The molecule has 0 aliphatic heterocycles. The van der Waals surface area contributed by atoms with Gasteiger partial charge in [0, 0.05) is 17.6 Å². The summed E-state index contributed by atoms with van der Waals surface area (Å²) in [6.45, 7) is 13.2. The van der Waals surface area contributed by atoms with Crippen molar-refractivity contribution in [3.63, 3.8) is 0 Å². The van der Waals surface area contributed by atoms with E-state index >= 15 is 0 Å². The van der Waals surface area contributed by atoms with Crippen molar-refractivity contribution in [2.75, 3.05) is 11.4 Å². The molecular formula is C25H34FN5. The van der Waals surface area contributed by atoms with E-state index in [4.69, 9.17) is 10.8 Å². The summed E-state index contributed by atoms with van der Waals surface area (Å²) in [5, 5.41) is 16.2. The summed E-state index contributed by atoms with van der Waals surface area (Å²) >= 11 is 0. The Bertz CT molecular complexity index is 1090. The molecule has 1 fully saturated rings. The molecule has 1 heterocycles. The van der Waals surface area contributed by atoms with Crippen molar-refractivity contribution in [1.82, 2.24) is 9.55 Å². The standard InChI is InChI=1S/C18H18FN5.C5H10.C2H6/c1-3-23(14-6-4-5-12(2)9-14)17-15-10-13(19)7-8-16(15)24(11-20)18(21)22-17;1-5(2)3-4-5;1-2/h4-11,20-21H,3H2,1-2H3;3-4H2,1-2H3;1-2H3. The molecule has 0 atom stereocenters. The Kier molecular flexibility index (Phi) is 8.08. The molecule has 1 aromatic heterocycles. The summed E-state index contributed by atoms with van der Waals surface area (Å²) in [7, 11) is 0. The summed E-state index contributed by atoms with van der Waals surface area (Å²) in [6, 6.07) is 12.3. The fourth-order valence-corrected chi connectivity index (χ4v) is 3.06. The first-order valence-electron chi connectivity index (χ1n) is 10.9. The predicted octanol–water partition coefficient (Wildman–Crippen LogP) is 6.41. The van der Waals surface area contributed by atoms with Crippen LogP contribution in [0.4, 0.5) is 15.9 Å². The highest BCUT2D eigenvalue weighted by atomic mass is 19.1. The van der Waals surface area contributed by atoms with E-state index in [1.165, 1.54) is 29.5 Å². The third kappa shape index (κ3) is 6.00. The number of hydrogen-bond acceptors (Lipinski definition) is 4. The van der Waals surface area contributed by atoms with Gasteiger partial charge in [0.25, 0.3) is 0 Å². The lowest BCUT2D eigenvalue weighted by atomic mass is 10.1. The first-order chi connectivity index (χ1) is 14.8. The SMILES string of the molecule is CC.CC1(C)CC1.CCN(c1cccc(C)c1)c1nc(=N)n(C=N)c2ccc(F)cc12. The monoisotopic (exact) mass is 423 g/mol. The number of nitrogens with zero attached hydrogens (tertiary/aromatic N) is 3. The first kappa shape index (κ1) is 24.3. The number of hydrogen-bond donors (Lipinski definition) is 2. The molecule has 3 aromatic rings. The van der Waals surface area contributed by atoms with Crippen LogP contribution in [0.1, 0.15) is 53.0 Å². The quantitative estimate of drug-likeness (QED) is 0.376. The maximum absolute atomic E-state index is 13.8. The van der Waals surface area contributed by atoms with Gasteiger partial charge in [-0.3, -0.25) is 15.4 Å². The molecular weight excluding hydrogens is 389 g/mol. The van der Waals surface area contributed by atoms with Crippen LogP contribution in [0.3, 0.4) is 0 Å². The molecule has 5 nitrogen and oxygen atoms in total. The molecule has 166 valence electrons. The number of aromatic nitrogens is 2. The van der Waals surface area contributed by atoms with E-state index < -0.39 is 0 Å². The minimum atomic E-state index is -0.375. The van der Waals surface area contributed by atoms with Crippen molar-refractivity contribution in [3.8, 4) is 0 Å². The van der Waals surface area contributed by atoms with Crippen LogP contribution in [0.5, 0.6) is 0 Å². The van der Waals surface area contributed by atoms with Crippen LogP contribution < -0.4 is 10.5 Å². The van der Waals surface area contributed by atoms with Crippen molar-refractivity contribution in [2.24, 2.45) is 5.41 Å². The minimum absolute atomic E-state index is 0.0646. The average Bonchev–Trinajstić information content (AvgIpc) is 3.45. The molecule has 4 rings (SSSR count). The Morgan fingerprint density at radius 1 is 1.16 bits per heavy atom. The lowest BCUT2D eigenvalue weighted by Crippen LogP contribution is -2.28. The van der Waals surface area contributed by atoms with Gasteiger partial charge in [-0.05, 0) is 68.0 Å². The molecule has 2 aromatic carbocycles. The smallest absolute Gasteiger partial charge is 0.229 e. The van der Waals surface area contributed by atoms with Crippen molar-refractivity contribution < 1.29 is 4.39 Å². The molecule has 6 heteroatoms. The van der Waals surface area contributed by atoms with Crippen LogP contribution >= 0.6 is 0 Å². The van der Waals surface area contributed by atoms with Gasteiger partial charge >= 0.3 is 0 Å². The van der Waals surface area contributed by atoms with Gasteiger partial charge < -0.3 is 4.90 Å². The van der Waals surface area contributed by atoms with Gasteiger partial charge in [-0.1, -0.05) is 39.8 Å². The van der Waals surface area contributed by atoms with Crippen LogP contribution in [-0.4, -0.2) is 22.4 Å². The summed E-state index contributed by atoms with van der Waals surface area (Å²) in [4.78, 5) is 6.27. The average molecular weight is 424 g/mol. The molecule has 0 amide bonds. The topological polar surface area (TPSA) is 68.8 Å². The number of halogens is 1. The zero-order valence-electron chi connectivity index (χ0n) is 19.5. The van der Waals surface area contributed by atoms with E-state index in [1.807, 2.05) is 56.9 Å². The number of benzene rings is 2. The van der Waals surface area contributed by atoms with E-state index in [0.29, 0.717) is 23.3 Å². The Morgan fingerprint density at radius 2 is 1.81 bits per heavy atom. The molecule has 31 heavy (non-hydrogen) atoms. The number of anilines is 2. The highest BCUT2D eigenvalue weighted by Crippen LogP contribution is 2.43. The van der Waals surface area contributed by atoms with Gasteiger partial charge in [0.05, 0.1) is 11.9 Å². The van der Waals surface area contributed by atoms with Gasteiger partial charge in [-0.2, -0.15) is 4.98 Å². The summed E-state index contributed by atoms with van der Waals surface area (Å²) < 4.78 is 15.1. The van der Waals surface area contributed by atoms with Crippen LogP contribution in [-0.2, 0) is 0 Å². The van der Waals surface area contributed by atoms with E-state index in [0.717, 1.165) is 23.0 Å². The van der Waals surface area contributed by atoms with Gasteiger partial charge in [-0.15, -0.1) is 0 Å². The van der Waals surface area contributed by atoms with Crippen molar-refractivity contribution in [2.45, 2.75) is 54.4 Å². The Labute approximate surface area is 184 Å². The number of rotatable bonds is 4. The Morgan fingerprint density at radius 3 is 2.32 bits per heavy atom. The largest absolute Gasteiger partial charge is 0.326 e. The second-order valence-corrected chi connectivity index (χ2v) is 8.17. The summed E-state index contributed by atoms with van der Waals surface area (Å²) in [5.74, 6) is 0.140. The Hall–Kier alpha value is -3.02. The minimum Gasteiger partial charge on any atom is -0.326 e. The molecule has 1 saturated carbocycles. The lowest BCUT2D eigenvalue weighted by Gasteiger charge is -2.24. The van der Waals surface area contributed by atoms with Crippen molar-refractivity contribution in [3.05, 3.63) is 59.5 Å². The zero-order valence-corrected chi connectivity index (χ0v) is 19.5. The van der Waals surface area contributed by atoms with Crippen molar-refractivity contribution in [1.29, 1.82) is 10.8 Å². The molecule has 0 saturated heterocycles. The third-order valence-electron chi connectivity index (χ3n) is 5.16. The molecule has 0 radical (unpaired) electrons. The molecule has 0 bridgehead atoms. The van der Waals surface area contributed by atoms with E-state index in [-0.39, 0.29) is 11.4 Å². The van der Waals surface area contributed by atoms with E-state index in [9.17, 15) is 4.39 Å².